The number of hydrogen-bond donors (Lipinski definition) is 1. The largest absolute Gasteiger partial charge is 0.379 e. The SMILES string of the molecule is CCC(C)C(=O)CCCCOCCOCCOCCOCCOCCOCCOCCOCCOCCOCCOO. The number of unbranched alkanes of at least 4 members (excludes halogenated alkanes) is 1. The van der Waals surface area contributed by atoms with Crippen LogP contribution in [-0.4, -0.2) is 150 Å². The molecule has 0 rings (SSSR count). The highest BCUT2D eigenvalue weighted by molar-refractivity contribution is 5.80. The van der Waals surface area contributed by atoms with Gasteiger partial charge in [0.25, 0.3) is 0 Å². The lowest BCUT2D eigenvalue weighted by molar-refractivity contribution is -0.249. The normalized spacial score (nSPS) is 12.3. The molecule has 252 valence electrons. The number of Topliss-reactive ketones (excluding diaryl/α,β-unsaturated/α-hetero) is 1. The Hall–Kier alpha value is -0.810. The Morgan fingerprint density at radius 3 is 0.976 bits per heavy atom. The van der Waals surface area contributed by atoms with Gasteiger partial charge in [-0.15, -0.1) is 0 Å². The van der Waals surface area contributed by atoms with Crippen molar-refractivity contribution >= 4 is 5.78 Å². The minimum atomic E-state index is 0.151. The fourth-order valence-corrected chi connectivity index (χ4v) is 3.15. The lowest BCUT2D eigenvalue weighted by Crippen LogP contribution is -2.15. The smallest absolute Gasteiger partial charge is 0.135 e. The van der Waals surface area contributed by atoms with Gasteiger partial charge in [0.15, 0.2) is 0 Å². The highest BCUT2D eigenvalue weighted by atomic mass is 17.1. The Morgan fingerprint density at radius 2 is 0.714 bits per heavy atom. The molecule has 13 heteroatoms. The summed E-state index contributed by atoms with van der Waals surface area (Å²) in [6.45, 7) is 14.2. The van der Waals surface area contributed by atoms with E-state index in [1.165, 1.54) is 0 Å². The first-order valence-electron chi connectivity index (χ1n) is 15.3. The molecule has 0 saturated carbocycles. The monoisotopic (exact) mass is 614 g/mol. The molecule has 0 aliphatic rings. The second kappa shape index (κ2) is 36.4. The number of ketones is 1. The molecule has 1 unspecified atom stereocenters. The standard InChI is InChI=1S/C29H58O13/c1-3-28(2)29(30)6-4-5-7-32-8-9-33-10-11-34-12-13-35-14-15-36-16-17-37-18-19-38-20-21-39-22-23-40-24-25-41-26-27-42-31/h28,31H,3-27H2,1-2H3. The van der Waals surface area contributed by atoms with Crippen LogP contribution in [0.15, 0.2) is 0 Å². The Morgan fingerprint density at radius 1 is 0.452 bits per heavy atom. The van der Waals surface area contributed by atoms with Gasteiger partial charge in [-0.3, -0.25) is 10.1 Å². The zero-order chi connectivity index (χ0) is 30.6. The summed E-state index contributed by atoms with van der Waals surface area (Å²) in [4.78, 5) is 15.6. The summed E-state index contributed by atoms with van der Waals surface area (Å²) in [5, 5.41) is 8.13. The highest BCUT2D eigenvalue weighted by Gasteiger charge is 2.09. The second-order valence-electron chi connectivity index (χ2n) is 9.19. The van der Waals surface area contributed by atoms with Crippen molar-refractivity contribution in [2.75, 3.05) is 139 Å². The van der Waals surface area contributed by atoms with Gasteiger partial charge in [0.2, 0.25) is 0 Å². The van der Waals surface area contributed by atoms with E-state index < -0.39 is 0 Å². The van der Waals surface area contributed by atoms with Crippen molar-refractivity contribution in [2.45, 2.75) is 39.5 Å². The van der Waals surface area contributed by atoms with Crippen molar-refractivity contribution in [3.8, 4) is 0 Å². The van der Waals surface area contributed by atoms with Gasteiger partial charge >= 0.3 is 0 Å². The van der Waals surface area contributed by atoms with Crippen LogP contribution in [0.3, 0.4) is 0 Å². The Kier molecular flexibility index (Phi) is 35.7. The quantitative estimate of drug-likeness (QED) is 0.0623. The van der Waals surface area contributed by atoms with E-state index in [4.69, 9.17) is 52.6 Å². The third-order valence-electron chi connectivity index (χ3n) is 5.79. The zero-order valence-electron chi connectivity index (χ0n) is 26.1. The molecule has 0 saturated heterocycles. The van der Waals surface area contributed by atoms with Crippen LogP contribution in [0.1, 0.15) is 39.5 Å². The van der Waals surface area contributed by atoms with E-state index in [9.17, 15) is 4.79 Å². The molecule has 0 bridgehead atoms. The van der Waals surface area contributed by atoms with Crippen LogP contribution in [0.25, 0.3) is 0 Å². The summed E-state index contributed by atoms with van der Waals surface area (Å²) < 4.78 is 54.1. The van der Waals surface area contributed by atoms with E-state index in [2.05, 4.69) is 4.89 Å². The van der Waals surface area contributed by atoms with E-state index in [0.717, 1.165) is 19.3 Å². The van der Waals surface area contributed by atoms with E-state index in [1.54, 1.807) is 0 Å². The van der Waals surface area contributed by atoms with Crippen molar-refractivity contribution in [1.82, 2.24) is 0 Å². The summed E-state index contributed by atoms with van der Waals surface area (Å²) in [7, 11) is 0. The van der Waals surface area contributed by atoms with Gasteiger partial charge in [0.05, 0.1) is 126 Å². The molecule has 0 aromatic rings. The van der Waals surface area contributed by atoms with Gasteiger partial charge in [-0.05, 0) is 19.3 Å². The maximum atomic E-state index is 11.7. The number of carbonyl (C=O) groups excluding carboxylic acids is 1. The van der Waals surface area contributed by atoms with Crippen molar-refractivity contribution < 1.29 is 62.3 Å². The van der Waals surface area contributed by atoms with Gasteiger partial charge in [0.1, 0.15) is 12.4 Å². The first kappa shape index (κ1) is 41.2. The van der Waals surface area contributed by atoms with Crippen LogP contribution in [0.2, 0.25) is 0 Å². The predicted octanol–water partition coefficient (Wildman–Crippen LogP) is 2.43. The predicted molar refractivity (Wildman–Crippen MR) is 155 cm³/mol. The molecule has 0 fully saturated rings. The molecule has 0 spiro atoms. The third-order valence-corrected chi connectivity index (χ3v) is 5.79. The van der Waals surface area contributed by atoms with Crippen molar-refractivity contribution in [3.63, 3.8) is 0 Å². The molecule has 0 aliphatic heterocycles. The van der Waals surface area contributed by atoms with Gasteiger partial charge < -0.3 is 47.4 Å². The lowest BCUT2D eigenvalue weighted by Gasteiger charge is -2.09. The molecular weight excluding hydrogens is 556 g/mol. The number of rotatable bonds is 37. The zero-order valence-corrected chi connectivity index (χ0v) is 26.1. The van der Waals surface area contributed by atoms with Gasteiger partial charge in [-0.2, -0.15) is 0 Å². The van der Waals surface area contributed by atoms with Crippen LogP contribution in [-0.2, 0) is 57.1 Å². The third kappa shape index (κ3) is 33.7. The van der Waals surface area contributed by atoms with Crippen LogP contribution < -0.4 is 0 Å². The summed E-state index contributed by atoms with van der Waals surface area (Å²) in [6, 6.07) is 0. The maximum Gasteiger partial charge on any atom is 0.135 e. The van der Waals surface area contributed by atoms with E-state index in [1.807, 2.05) is 13.8 Å². The summed E-state index contributed by atoms with van der Waals surface area (Å²) in [5.74, 6) is 0.524. The van der Waals surface area contributed by atoms with Crippen molar-refractivity contribution in [3.05, 3.63) is 0 Å². The molecule has 0 heterocycles. The molecule has 13 nitrogen and oxygen atoms in total. The Bertz CT molecular complexity index is 528. The minimum Gasteiger partial charge on any atom is -0.379 e. The van der Waals surface area contributed by atoms with Crippen LogP contribution >= 0.6 is 0 Å². The van der Waals surface area contributed by atoms with E-state index in [-0.39, 0.29) is 12.5 Å². The van der Waals surface area contributed by atoms with Gasteiger partial charge in [-0.25, -0.2) is 4.89 Å². The fraction of sp³-hybridized carbons (Fsp3) is 0.966. The first-order chi connectivity index (χ1) is 20.7. The summed E-state index contributed by atoms with van der Waals surface area (Å²) in [6.07, 6.45) is 3.35. The first-order valence-corrected chi connectivity index (χ1v) is 15.3. The Labute approximate surface area is 252 Å². The number of carbonyl (C=O) groups is 1. The average molecular weight is 615 g/mol. The van der Waals surface area contributed by atoms with Crippen molar-refractivity contribution in [2.24, 2.45) is 5.92 Å². The Balaban J connectivity index is 3.07. The van der Waals surface area contributed by atoms with E-state index >= 15 is 0 Å². The highest BCUT2D eigenvalue weighted by Crippen LogP contribution is 2.08. The van der Waals surface area contributed by atoms with Gasteiger partial charge in [0, 0.05) is 18.9 Å². The molecule has 0 aromatic carbocycles. The van der Waals surface area contributed by atoms with E-state index in [0.29, 0.717) is 144 Å². The average Bonchev–Trinajstić information content (AvgIpc) is 3.00. The summed E-state index contributed by atoms with van der Waals surface area (Å²) >= 11 is 0. The minimum absolute atomic E-state index is 0.151. The molecule has 0 aliphatic carbocycles. The molecule has 0 aromatic heterocycles. The van der Waals surface area contributed by atoms with Crippen LogP contribution in [0.5, 0.6) is 0 Å². The topological polar surface area (TPSA) is 139 Å². The number of ether oxygens (including phenoxy) is 10. The molecule has 42 heavy (non-hydrogen) atoms. The number of hydrogen-bond acceptors (Lipinski definition) is 13. The maximum absolute atomic E-state index is 11.7. The molecular formula is C29H58O13. The molecule has 0 radical (unpaired) electrons. The molecule has 1 atom stereocenters. The lowest BCUT2D eigenvalue weighted by atomic mass is 9.99. The molecule has 1 N–H and O–H groups in total. The second-order valence-corrected chi connectivity index (χ2v) is 9.19. The molecule has 0 amide bonds. The summed E-state index contributed by atoms with van der Waals surface area (Å²) in [5.41, 5.74) is 0. The van der Waals surface area contributed by atoms with Crippen LogP contribution in [0.4, 0.5) is 0 Å². The van der Waals surface area contributed by atoms with Crippen molar-refractivity contribution in [1.29, 1.82) is 0 Å². The van der Waals surface area contributed by atoms with Crippen LogP contribution in [0, 0.1) is 5.92 Å². The fourth-order valence-electron chi connectivity index (χ4n) is 3.15. The van der Waals surface area contributed by atoms with Gasteiger partial charge in [-0.1, -0.05) is 13.8 Å².